The Bertz CT molecular complexity index is 1060. The van der Waals surface area contributed by atoms with Gasteiger partial charge >= 0.3 is 0 Å². The van der Waals surface area contributed by atoms with Crippen molar-refractivity contribution in [3.63, 3.8) is 0 Å². The number of amides is 1. The highest BCUT2D eigenvalue weighted by molar-refractivity contribution is 5.96. The summed E-state index contributed by atoms with van der Waals surface area (Å²) in [6.07, 6.45) is 3.59. The molecule has 0 bridgehead atoms. The molecule has 0 aliphatic carbocycles. The fraction of sp³-hybridized carbons (Fsp3) is 0.476. The Morgan fingerprint density at radius 3 is 2.73 bits per heavy atom. The number of carbonyl (C=O) groups is 1. The lowest BCUT2D eigenvalue weighted by Crippen LogP contribution is -2.49. The third-order valence-electron chi connectivity index (χ3n) is 5.46. The van der Waals surface area contributed by atoms with Gasteiger partial charge in [-0.15, -0.1) is 10.2 Å². The van der Waals surface area contributed by atoms with Gasteiger partial charge in [-0.2, -0.15) is 0 Å². The van der Waals surface area contributed by atoms with Crippen molar-refractivity contribution in [3.8, 4) is 11.4 Å². The second-order valence-electron chi connectivity index (χ2n) is 8.35. The summed E-state index contributed by atoms with van der Waals surface area (Å²) in [5.74, 6) is 0.653. The molecule has 0 spiro atoms. The highest BCUT2D eigenvalue weighted by Crippen LogP contribution is 2.29. The normalized spacial score (nSPS) is 16.8. The van der Waals surface area contributed by atoms with Gasteiger partial charge in [-0.3, -0.25) is 10.1 Å². The first kappa shape index (κ1) is 20.3. The van der Waals surface area contributed by atoms with Crippen molar-refractivity contribution in [1.29, 1.82) is 0 Å². The minimum atomic E-state index is -1.90. The lowest BCUT2D eigenvalue weighted by molar-refractivity contribution is -0.130. The van der Waals surface area contributed by atoms with E-state index in [2.05, 4.69) is 44.2 Å². The SMILES string of the molecule is CC(C)CN1CCC(F)(C(=O)Nc2ncc3ccc(-c4nncn4C)cc3n2)CC1. The maximum atomic E-state index is 15.3. The average molecular weight is 411 g/mol. The fourth-order valence-electron chi connectivity index (χ4n) is 3.81. The maximum absolute atomic E-state index is 15.3. The average Bonchev–Trinajstić information content (AvgIpc) is 3.15. The van der Waals surface area contributed by atoms with Crippen molar-refractivity contribution in [1.82, 2.24) is 29.6 Å². The number of rotatable bonds is 5. The summed E-state index contributed by atoms with van der Waals surface area (Å²) in [4.78, 5) is 23.5. The van der Waals surface area contributed by atoms with Gasteiger partial charge < -0.3 is 9.47 Å². The quantitative estimate of drug-likeness (QED) is 0.695. The zero-order chi connectivity index (χ0) is 21.3. The van der Waals surface area contributed by atoms with E-state index in [1.54, 1.807) is 12.5 Å². The molecule has 1 aliphatic heterocycles. The Morgan fingerprint density at radius 2 is 2.07 bits per heavy atom. The van der Waals surface area contributed by atoms with Crippen LogP contribution in [0.25, 0.3) is 22.3 Å². The number of anilines is 1. The van der Waals surface area contributed by atoms with Gasteiger partial charge in [0, 0.05) is 56.7 Å². The third kappa shape index (κ3) is 4.16. The number of hydrogen-bond donors (Lipinski definition) is 1. The van der Waals surface area contributed by atoms with E-state index >= 15 is 4.39 Å². The van der Waals surface area contributed by atoms with Gasteiger partial charge in [0.05, 0.1) is 5.52 Å². The van der Waals surface area contributed by atoms with E-state index in [1.165, 1.54) is 0 Å². The van der Waals surface area contributed by atoms with Gasteiger partial charge in [-0.25, -0.2) is 14.4 Å². The molecule has 1 saturated heterocycles. The van der Waals surface area contributed by atoms with E-state index < -0.39 is 11.6 Å². The molecule has 9 heteroatoms. The zero-order valence-corrected chi connectivity index (χ0v) is 17.5. The number of nitrogens with one attached hydrogen (secondary N) is 1. The Balaban J connectivity index is 1.49. The summed E-state index contributed by atoms with van der Waals surface area (Å²) >= 11 is 0. The Morgan fingerprint density at radius 1 is 1.30 bits per heavy atom. The molecule has 1 aromatic carbocycles. The molecule has 4 rings (SSSR count). The van der Waals surface area contributed by atoms with Gasteiger partial charge in [0.25, 0.3) is 5.91 Å². The molecule has 8 nitrogen and oxygen atoms in total. The molecule has 1 N–H and O–H groups in total. The van der Waals surface area contributed by atoms with Crippen LogP contribution in [-0.2, 0) is 11.8 Å². The molecule has 1 fully saturated rings. The molecule has 0 atom stereocenters. The summed E-state index contributed by atoms with van der Waals surface area (Å²) in [6, 6.07) is 5.65. The molecule has 1 amide bonds. The monoisotopic (exact) mass is 411 g/mol. The zero-order valence-electron chi connectivity index (χ0n) is 17.5. The number of likely N-dealkylation sites (tertiary alicyclic amines) is 1. The number of aryl methyl sites for hydroxylation is 1. The number of nitrogens with zero attached hydrogens (tertiary/aromatic N) is 6. The molecule has 0 saturated carbocycles. The highest BCUT2D eigenvalue weighted by Gasteiger charge is 2.42. The van der Waals surface area contributed by atoms with Crippen molar-refractivity contribution in [3.05, 3.63) is 30.7 Å². The summed E-state index contributed by atoms with van der Waals surface area (Å²) in [5.41, 5.74) is -0.412. The molecular formula is C21H26FN7O. The number of carbonyl (C=O) groups excluding carboxylic acids is 1. The van der Waals surface area contributed by atoms with Crippen LogP contribution in [0.2, 0.25) is 0 Å². The molecule has 3 heterocycles. The summed E-state index contributed by atoms with van der Waals surface area (Å²) in [5, 5.41) is 11.4. The third-order valence-corrected chi connectivity index (χ3v) is 5.46. The fourth-order valence-corrected chi connectivity index (χ4v) is 3.81. The largest absolute Gasteiger partial charge is 0.317 e. The first-order valence-electron chi connectivity index (χ1n) is 10.2. The van der Waals surface area contributed by atoms with Crippen LogP contribution < -0.4 is 5.32 Å². The van der Waals surface area contributed by atoms with Crippen molar-refractivity contribution in [2.45, 2.75) is 32.4 Å². The number of piperidine rings is 1. The van der Waals surface area contributed by atoms with Gasteiger partial charge in [-0.05, 0) is 12.0 Å². The lowest BCUT2D eigenvalue weighted by atomic mass is 9.92. The molecular weight excluding hydrogens is 385 g/mol. The first-order valence-corrected chi connectivity index (χ1v) is 10.2. The van der Waals surface area contributed by atoms with Crippen molar-refractivity contribution < 1.29 is 9.18 Å². The van der Waals surface area contributed by atoms with E-state index in [1.807, 2.05) is 29.8 Å². The van der Waals surface area contributed by atoms with Gasteiger partial charge in [0.15, 0.2) is 11.5 Å². The molecule has 0 radical (unpaired) electrons. The minimum Gasteiger partial charge on any atom is -0.317 e. The van der Waals surface area contributed by atoms with Gasteiger partial charge in [-0.1, -0.05) is 26.0 Å². The molecule has 158 valence electrons. The number of hydrogen-bond acceptors (Lipinski definition) is 6. The number of alkyl halides is 1. The van der Waals surface area contributed by atoms with Crippen LogP contribution in [0.5, 0.6) is 0 Å². The second kappa shape index (κ2) is 8.06. The van der Waals surface area contributed by atoms with E-state index in [-0.39, 0.29) is 18.8 Å². The van der Waals surface area contributed by atoms with Crippen molar-refractivity contribution in [2.75, 3.05) is 25.0 Å². The van der Waals surface area contributed by atoms with Crippen molar-refractivity contribution in [2.24, 2.45) is 13.0 Å². The van der Waals surface area contributed by atoms with E-state index in [9.17, 15) is 4.79 Å². The first-order chi connectivity index (χ1) is 14.3. The molecule has 2 aromatic heterocycles. The van der Waals surface area contributed by atoms with Crippen LogP contribution in [0.4, 0.5) is 10.3 Å². The summed E-state index contributed by atoms with van der Waals surface area (Å²) in [6.45, 7) is 6.33. The molecule has 30 heavy (non-hydrogen) atoms. The number of halogens is 1. The van der Waals surface area contributed by atoms with Crippen LogP contribution in [0.15, 0.2) is 30.7 Å². The minimum absolute atomic E-state index is 0.101. The molecule has 1 aliphatic rings. The van der Waals surface area contributed by atoms with E-state index in [0.29, 0.717) is 30.3 Å². The predicted octanol–water partition coefficient (Wildman–Crippen LogP) is 2.82. The van der Waals surface area contributed by atoms with Gasteiger partial charge in [0.2, 0.25) is 5.95 Å². The van der Waals surface area contributed by atoms with E-state index in [0.717, 1.165) is 17.5 Å². The predicted molar refractivity (Wildman–Crippen MR) is 113 cm³/mol. The Labute approximate surface area is 174 Å². The summed E-state index contributed by atoms with van der Waals surface area (Å²) in [7, 11) is 1.86. The number of benzene rings is 1. The lowest BCUT2D eigenvalue weighted by Gasteiger charge is -2.35. The van der Waals surface area contributed by atoms with Crippen LogP contribution in [0.3, 0.4) is 0 Å². The maximum Gasteiger partial charge on any atom is 0.264 e. The standard InChI is InChI=1S/C21H26FN7O/c1-14(2)12-29-8-6-21(22,7-9-29)19(30)26-20-23-11-16-5-4-15(10-17(16)25-20)18-27-24-13-28(18)3/h4-5,10-11,13-14H,6-9,12H2,1-3H3,(H,23,25,26,30). The smallest absolute Gasteiger partial charge is 0.264 e. The van der Waals surface area contributed by atoms with Crippen LogP contribution in [0.1, 0.15) is 26.7 Å². The number of fused-ring (bicyclic) bond motifs is 1. The second-order valence-corrected chi connectivity index (χ2v) is 8.35. The van der Waals surface area contributed by atoms with E-state index in [4.69, 9.17) is 0 Å². The van der Waals surface area contributed by atoms with Crippen LogP contribution in [-0.4, -0.2) is 60.8 Å². The molecule has 0 unspecified atom stereocenters. The highest BCUT2D eigenvalue weighted by atomic mass is 19.1. The Hall–Kier alpha value is -2.94. The van der Waals surface area contributed by atoms with Crippen molar-refractivity contribution >= 4 is 22.8 Å². The summed E-state index contributed by atoms with van der Waals surface area (Å²) < 4.78 is 17.1. The van der Waals surface area contributed by atoms with Crippen LogP contribution in [0, 0.1) is 5.92 Å². The topological polar surface area (TPSA) is 88.8 Å². The number of aromatic nitrogens is 5. The van der Waals surface area contributed by atoms with Gasteiger partial charge in [0.1, 0.15) is 6.33 Å². The Kier molecular flexibility index (Phi) is 5.46. The van der Waals surface area contributed by atoms with Crippen LogP contribution >= 0.6 is 0 Å². The molecule has 3 aromatic rings.